The van der Waals surface area contributed by atoms with Crippen LogP contribution in [0.15, 0.2) is 18.2 Å². The molecule has 1 saturated heterocycles. The number of amides is 1. The third kappa shape index (κ3) is 2.80. The fraction of sp³-hybridized carbons (Fsp3) is 0.500. The molecule has 0 radical (unpaired) electrons. The summed E-state index contributed by atoms with van der Waals surface area (Å²) < 4.78 is 29.7. The average Bonchev–Trinajstić information content (AvgIpc) is 2.45. The number of nitrogens with one attached hydrogen (secondary N) is 1. The Balaban J connectivity index is 2.26. The van der Waals surface area contributed by atoms with Gasteiger partial charge >= 0.3 is 0 Å². The number of anilines is 1. The van der Waals surface area contributed by atoms with E-state index in [0.29, 0.717) is 29.4 Å². The molecular formula is C14H19ClN2O4S. The average molecular weight is 347 g/mol. The number of methoxy groups -OCH3 is 1. The van der Waals surface area contributed by atoms with Gasteiger partial charge in [0, 0.05) is 19.3 Å². The van der Waals surface area contributed by atoms with Crippen molar-refractivity contribution in [2.75, 3.05) is 26.0 Å². The van der Waals surface area contributed by atoms with Gasteiger partial charge in [-0.05, 0) is 38.0 Å². The van der Waals surface area contributed by atoms with E-state index in [1.807, 2.05) is 0 Å². The summed E-state index contributed by atoms with van der Waals surface area (Å²) >= 11 is 6.01. The molecule has 0 unspecified atom stereocenters. The van der Waals surface area contributed by atoms with Crippen LogP contribution in [0, 0.1) is 0 Å². The molecule has 1 aromatic carbocycles. The standard InChI is InChI=1S/C14H19ClN2O4S/c1-14(7-4-8-17(2)22(14,19)20)13(18)16-10-5-6-12(21-3)11(15)9-10/h5-6,9H,4,7-8H2,1-3H3,(H,16,18)/t14-/m1/s1. The lowest BCUT2D eigenvalue weighted by Crippen LogP contribution is -2.56. The van der Waals surface area contributed by atoms with Crippen LogP contribution in [0.2, 0.25) is 5.02 Å². The first-order valence-corrected chi connectivity index (χ1v) is 8.65. The van der Waals surface area contributed by atoms with Gasteiger partial charge in [-0.25, -0.2) is 12.7 Å². The molecule has 0 spiro atoms. The largest absolute Gasteiger partial charge is 0.495 e. The summed E-state index contributed by atoms with van der Waals surface area (Å²) in [4.78, 5) is 12.5. The van der Waals surface area contributed by atoms with Gasteiger partial charge in [0.2, 0.25) is 15.9 Å². The molecule has 6 nitrogen and oxygen atoms in total. The summed E-state index contributed by atoms with van der Waals surface area (Å²) in [5.41, 5.74) is 0.431. The lowest BCUT2D eigenvalue weighted by Gasteiger charge is -2.36. The van der Waals surface area contributed by atoms with Crippen LogP contribution in [0.4, 0.5) is 5.69 Å². The Labute approximate surface area is 135 Å². The van der Waals surface area contributed by atoms with Gasteiger partial charge < -0.3 is 10.1 Å². The van der Waals surface area contributed by atoms with Gasteiger partial charge in [0.05, 0.1) is 12.1 Å². The topological polar surface area (TPSA) is 75.7 Å². The van der Waals surface area contributed by atoms with E-state index in [0.717, 1.165) is 0 Å². The van der Waals surface area contributed by atoms with Crippen LogP contribution in [0.5, 0.6) is 5.75 Å². The van der Waals surface area contributed by atoms with Crippen LogP contribution < -0.4 is 10.1 Å². The summed E-state index contributed by atoms with van der Waals surface area (Å²) in [6.45, 7) is 1.89. The Hall–Kier alpha value is -1.31. The Morgan fingerprint density at radius 1 is 1.45 bits per heavy atom. The molecular weight excluding hydrogens is 328 g/mol. The minimum atomic E-state index is -3.68. The number of halogens is 1. The highest BCUT2D eigenvalue weighted by molar-refractivity contribution is 7.91. The van der Waals surface area contributed by atoms with E-state index in [1.54, 1.807) is 12.1 Å². The van der Waals surface area contributed by atoms with E-state index < -0.39 is 20.7 Å². The molecule has 0 aromatic heterocycles. The van der Waals surface area contributed by atoms with Crippen LogP contribution in [-0.4, -0.2) is 44.1 Å². The highest BCUT2D eigenvalue weighted by Gasteiger charge is 2.50. The van der Waals surface area contributed by atoms with Crippen LogP contribution in [0.1, 0.15) is 19.8 Å². The Morgan fingerprint density at radius 2 is 2.14 bits per heavy atom. The van der Waals surface area contributed by atoms with Crippen molar-refractivity contribution in [2.45, 2.75) is 24.5 Å². The number of rotatable bonds is 3. The van der Waals surface area contributed by atoms with Crippen molar-refractivity contribution in [1.29, 1.82) is 0 Å². The molecule has 0 bridgehead atoms. The molecule has 1 fully saturated rings. The van der Waals surface area contributed by atoms with Crippen LogP contribution in [-0.2, 0) is 14.8 Å². The van der Waals surface area contributed by atoms with Crippen molar-refractivity contribution in [1.82, 2.24) is 4.31 Å². The first-order chi connectivity index (χ1) is 10.2. The monoisotopic (exact) mass is 346 g/mol. The fourth-order valence-electron chi connectivity index (χ4n) is 2.47. The van der Waals surface area contributed by atoms with Crippen molar-refractivity contribution in [3.05, 3.63) is 23.2 Å². The normalized spacial score (nSPS) is 24.7. The predicted molar refractivity (Wildman–Crippen MR) is 85.8 cm³/mol. The van der Waals surface area contributed by atoms with E-state index in [2.05, 4.69) is 5.32 Å². The SMILES string of the molecule is COc1ccc(NC(=O)[C@@]2(C)CCCN(C)S2(=O)=O)cc1Cl. The fourth-order valence-corrected chi connectivity index (χ4v) is 4.47. The van der Waals surface area contributed by atoms with Gasteiger partial charge in [-0.3, -0.25) is 4.79 Å². The molecule has 1 N–H and O–H groups in total. The van der Waals surface area contributed by atoms with Crippen molar-refractivity contribution in [2.24, 2.45) is 0 Å². The highest BCUT2D eigenvalue weighted by atomic mass is 35.5. The van der Waals surface area contributed by atoms with Gasteiger partial charge in [0.25, 0.3) is 0 Å². The molecule has 1 amide bonds. The molecule has 122 valence electrons. The molecule has 8 heteroatoms. The van der Waals surface area contributed by atoms with Gasteiger partial charge in [0.15, 0.2) is 4.75 Å². The zero-order valence-corrected chi connectivity index (χ0v) is 14.3. The summed E-state index contributed by atoms with van der Waals surface area (Å²) in [5.74, 6) is -0.0730. The zero-order chi connectivity index (χ0) is 16.5. The Bertz CT molecular complexity index is 692. The van der Waals surface area contributed by atoms with Crippen molar-refractivity contribution >= 4 is 33.2 Å². The third-order valence-corrected chi connectivity index (χ3v) is 6.82. The molecule has 1 aliphatic rings. The van der Waals surface area contributed by atoms with Gasteiger partial charge in [-0.15, -0.1) is 0 Å². The lowest BCUT2D eigenvalue weighted by atomic mass is 10.0. The quantitative estimate of drug-likeness (QED) is 0.909. The number of ether oxygens (including phenoxy) is 1. The molecule has 2 rings (SSSR count). The second-order valence-electron chi connectivity index (χ2n) is 5.46. The lowest BCUT2D eigenvalue weighted by molar-refractivity contribution is -0.118. The molecule has 1 atom stereocenters. The van der Waals surface area contributed by atoms with Crippen LogP contribution in [0.25, 0.3) is 0 Å². The van der Waals surface area contributed by atoms with E-state index in [1.165, 1.54) is 31.5 Å². The first-order valence-electron chi connectivity index (χ1n) is 6.83. The van der Waals surface area contributed by atoms with Crippen molar-refractivity contribution in [3.63, 3.8) is 0 Å². The van der Waals surface area contributed by atoms with Gasteiger partial charge in [0.1, 0.15) is 5.75 Å². The Kier molecular flexibility index (Phi) is 4.70. The number of benzene rings is 1. The molecule has 22 heavy (non-hydrogen) atoms. The Morgan fingerprint density at radius 3 is 2.73 bits per heavy atom. The summed E-state index contributed by atoms with van der Waals surface area (Å²) in [6.07, 6.45) is 0.929. The second-order valence-corrected chi connectivity index (χ2v) is 8.35. The molecule has 0 aliphatic carbocycles. The van der Waals surface area contributed by atoms with E-state index >= 15 is 0 Å². The number of sulfonamides is 1. The summed E-state index contributed by atoms with van der Waals surface area (Å²) in [5, 5.41) is 2.98. The maximum absolute atomic E-state index is 12.5. The molecule has 1 heterocycles. The summed E-state index contributed by atoms with van der Waals surface area (Å²) in [7, 11) is -0.699. The molecule has 1 aliphatic heterocycles. The first kappa shape index (κ1) is 17.1. The van der Waals surface area contributed by atoms with E-state index in [-0.39, 0.29) is 6.42 Å². The van der Waals surface area contributed by atoms with Gasteiger partial charge in [-0.1, -0.05) is 11.6 Å². The maximum atomic E-state index is 12.5. The van der Waals surface area contributed by atoms with E-state index in [4.69, 9.17) is 16.3 Å². The summed E-state index contributed by atoms with van der Waals surface area (Å²) in [6, 6.07) is 4.76. The highest BCUT2D eigenvalue weighted by Crippen LogP contribution is 2.33. The molecule has 0 saturated carbocycles. The number of nitrogens with zero attached hydrogens (tertiary/aromatic N) is 1. The zero-order valence-electron chi connectivity index (χ0n) is 12.7. The van der Waals surface area contributed by atoms with E-state index in [9.17, 15) is 13.2 Å². The van der Waals surface area contributed by atoms with Crippen LogP contribution >= 0.6 is 11.6 Å². The predicted octanol–water partition coefficient (Wildman–Crippen LogP) is 2.10. The second kappa shape index (κ2) is 6.06. The smallest absolute Gasteiger partial charge is 0.246 e. The van der Waals surface area contributed by atoms with Crippen LogP contribution in [0.3, 0.4) is 0 Å². The minimum absolute atomic E-state index is 0.287. The number of hydrogen-bond acceptors (Lipinski definition) is 4. The minimum Gasteiger partial charge on any atom is -0.495 e. The number of carbonyl (C=O) groups is 1. The van der Waals surface area contributed by atoms with Gasteiger partial charge in [-0.2, -0.15) is 0 Å². The van der Waals surface area contributed by atoms with Crippen molar-refractivity contribution in [3.8, 4) is 5.75 Å². The third-order valence-electron chi connectivity index (χ3n) is 4.00. The number of hydrogen-bond donors (Lipinski definition) is 1. The van der Waals surface area contributed by atoms with Crippen molar-refractivity contribution < 1.29 is 17.9 Å². The number of carbonyl (C=O) groups excluding carboxylic acids is 1. The molecule has 1 aromatic rings. The maximum Gasteiger partial charge on any atom is 0.246 e.